The summed E-state index contributed by atoms with van der Waals surface area (Å²) in [7, 11) is 0. The number of hydrogen-bond donors (Lipinski definition) is 2. The minimum Gasteiger partial charge on any atom is -0.388 e. The van der Waals surface area contributed by atoms with Crippen LogP contribution in [0.3, 0.4) is 0 Å². The van der Waals surface area contributed by atoms with E-state index in [1.165, 1.54) is 0 Å². The molecule has 1 aliphatic rings. The average Bonchev–Trinajstić information content (AvgIpc) is 2.65. The van der Waals surface area contributed by atoms with Crippen LogP contribution in [0.1, 0.15) is 29.3 Å². The minimum atomic E-state index is -0.613. The van der Waals surface area contributed by atoms with E-state index in [4.69, 9.17) is 0 Å². The summed E-state index contributed by atoms with van der Waals surface area (Å²) in [6, 6.07) is 7.49. The molecule has 1 fully saturated rings. The predicted octanol–water partition coefficient (Wildman–Crippen LogP) is 1.16. The van der Waals surface area contributed by atoms with Gasteiger partial charge in [-0.3, -0.25) is 4.79 Å². The molecular formula is C13H17NO2. The molecular weight excluding hydrogens is 202 g/mol. The summed E-state index contributed by atoms with van der Waals surface area (Å²) in [5.74, 6) is 0.0767. The Bertz CT molecular complexity index is 377. The zero-order chi connectivity index (χ0) is 11.6. The number of carbonyl (C=O) groups excluding carboxylic acids is 1. The molecule has 1 aromatic rings. The van der Waals surface area contributed by atoms with Crippen molar-refractivity contribution in [3.8, 4) is 0 Å². The van der Waals surface area contributed by atoms with E-state index in [9.17, 15) is 9.90 Å². The van der Waals surface area contributed by atoms with Crippen LogP contribution in [0.5, 0.6) is 0 Å². The summed E-state index contributed by atoms with van der Waals surface area (Å²) in [6.07, 6.45) is 1.44. The molecule has 86 valence electrons. The number of rotatable bonds is 3. The van der Waals surface area contributed by atoms with Crippen LogP contribution in [0, 0.1) is 0 Å². The molecule has 0 aromatic heterocycles. The molecule has 0 aliphatic carbocycles. The summed E-state index contributed by atoms with van der Waals surface area (Å²) in [6.45, 7) is 3.09. The highest BCUT2D eigenvalue weighted by Gasteiger charge is 2.30. The number of hydrogen-bond acceptors (Lipinski definition) is 3. The fourth-order valence-electron chi connectivity index (χ4n) is 2.12. The van der Waals surface area contributed by atoms with Crippen LogP contribution in [0.15, 0.2) is 24.3 Å². The van der Waals surface area contributed by atoms with E-state index in [1.807, 2.05) is 24.3 Å². The summed E-state index contributed by atoms with van der Waals surface area (Å²) < 4.78 is 0. The molecule has 0 radical (unpaired) electrons. The highest BCUT2D eigenvalue weighted by atomic mass is 16.3. The Morgan fingerprint density at radius 2 is 2.12 bits per heavy atom. The van der Waals surface area contributed by atoms with Crippen LogP contribution in [0.2, 0.25) is 0 Å². The van der Waals surface area contributed by atoms with Gasteiger partial charge in [0.15, 0.2) is 5.78 Å². The van der Waals surface area contributed by atoms with Gasteiger partial charge in [0.2, 0.25) is 0 Å². The molecule has 0 saturated carbocycles. The van der Waals surface area contributed by atoms with Gasteiger partial charge in [0, 0.05) is 18.5 Å². The number of benzene rings is 1. The first-order valence-electron chi connectivity index (χ1n) is 5.62. The van der Waals surface area contributed by atoms with Crippen molar-refractivity contribution in [2.45, 2.75) is 25.4 Å². The SMILES string of the molecule is CC(=O)c1ccc(CC2(O)CCNC2)cc1. The van der Waals surface area contributed by atoms with Gasteiger partial charge in [-0.1, -0.05) is 24.3 Å². The zero-order valence-electron chi connectivity index (χ0n) is 9.49. The lowest BCUT2D eigenvalue weighted by molar-refractivity contribution is 0.0619. The second-order valence-electron chi connectivity index (χ2n) is 4.58. The molecule has 0 amide bonds. The van der Waals surface area contributed by atoms with Crippen molar-refractivity contribution in [3.63, 3.8) is 0 Å². The zero-order valence-corrected chi connectivity index (χ0v) is 9.49. The summed E-state index contributed by atoms with van der Waals surface area (Å²) in [4.78, 5) is 11.1. The number of aliphatic hydroxyl groups is 1. The fraction of sp³-hybridized carbons (Fsp3) is 0.462. The first kappa shape index (κ1) is 11.3. The van der Waals surface area contributed by atoms with Gasteiger partial charge in [-0.15, -0.1) is 0 Å². The van der Waals surface area contributed by atoms with Crippen molar-refractivity contribution in [2.24, 2.45) is 0 Å². The third-order valence-electron chi connectivity index (χ3n) is 3.11. The van der Waals surface area contributed by atoms with Gasteiger partial charge in [0.05, 0.1) is 5.60 Å². The third-order valence-corrected chi connectivity index (χ3v) is 3.11. The molecule has 2 N–H and O–H groups in total. The van der Waals surface area contributed by atoms with E-state index in [0.29, 0.717) is 13.0 Å². The van der Waals surface area contributed by atoms with E-state index in [2.05, 4.69) is 5.32 Å². The first-order valence-corrected chi connectivity index (χ1v) is 5.62. The summed E-state index contributed by atoms with van der Waals surface area (Å²) in [5.41, 5.74) is 1.19. The number of β-amino-alcohol motifs (C(OH)–C–C–N with tert-alkyl or cyclic N) is 1. The van der Waals surface area contributed by atoms with Crippen molar-refractivity contribution in [1.82, 2.24) is 5.32 Å². The minimum absolute atomic E-state index is 0.0767. The molecule has 1 aliphatic heterocycles. The molecule has 1 unspecified atom stereocenters. The second kappa shape index (κ2) is 4.36. The van der Waals surface area contributed by atoms with Crippen molar-refractivity contribution in [3.05, 3.63) is 35.4 Å². The van der Waals surface area contributed by atoms with Crippen LogP contribution in [0.25, 0.3) is 0 Å². The molecule has 1 saturated heterocycles. The Balaban J connectivity index is 2.07. The van der Waals surface area contributed by atoms with Crippen LogP contribution in [-0.2, 0) is 6.42 Å². The van der Waals surface area contributed by atoms with Crippen molar-refractivity contribution < 1.29 is 9.90 Å². The maximum Gasteiger partial charge on any atom is 0.159 e. The number of Topliss-reactive ketones (excluding diaryl/α,β-unsaturated/α-hetero) is 1. The number of carbonyl (C=O) groups is 1. The van der Waals surface area contributed by atoms with Crippen molar-refractivity contribution in [2.75, 3.05) is 13.1 Å². The fourth-order valence-corrected chi connectivity index (χ4v) is 2.12. The largest absolute Gasteiger partial charge is 0.388 e. The van der Waals surface area contributed by atoms with Gasteiger partial charge >= 0.3 is 0 Å². The standard InChI is InChI=1S/C13H17NO2/c1-10(15)12-4-2-11(3-5-12)8-13(16)6-7-14-9-13/h2-5,14,16H,6-9H2,1H3. The molecule has 2 rings (SSSR count). The summed E-state index contributed by atoms with van der Waals surface area (Å²) in [5, 5.41) is 13.4. The van der Waals surface area contributed by atoms with Crippen LogP contribution in [0.4, 0.5) is 0 Å². The molecule has 1 atom stereocenters. The summed E-state index contributed by atoms with van der Waals surface area (Å²) >= 11 is 0. The number of ketones is 1. The van der Waals surface area contributed by atoms with Crippen molar-refractivity contribution >= 4 is 5.78 Å². The van der Waals surface area contributed by atoms with Gasteiger partial charge in [-0.2, -0.15) is 0 Å². The molecule has 0 bridgehead atoms. The van der Waals surface area contributed by atoms with Crippen molar-refractivity contribution in [1.29, 1.82) is 0 Å². The number of nitrogens with one attached hydrogen (secondary N) is 1. The maximum absolute atomic E-state index is 11.1. The first-order chi connectivity index (χ1) is 7.59. The van der Waals surface area contributed by atoms with Crippen LogP contribution < -0.4 is 5.32 Å². The maximum atomic E-state index is 11.1. The van der Waals surface area contributed by atoms with Gasteiger partial charge in [0.1, 0.15) is 0 Å². The lowest BCUT2D eigenvalue weighted by Gasteiger charge is -2.21. The Morgan fingerprint density at radius 3 is 2.62 bits per heavy atom. The van der Waals surface area contributed by atoms with Gasteiger partial charge < -0.3 is 10.4 Å². The molecule has 3 nitrogen and oxygen atoms in total. The van der Waals surface area contributed by atoms with E-state index in [0.717, 1.165) is 24.1 Å². The lowest BCUT2D eigenvalue weighted by Crippen LogP contribution is -2.33. The lowest BCUT2D eigenvalue weighted by atomic mass is 9.93. The van der Waals surface area contributed by atoms with Crippen LogP contribution >= 0.6 is 0 Å². The Kier molecular flexibility index (Phi) is 3.08. The van der Waals surface area contributed by atoms with Crippen LogP contribution in [-0.4, -0.2) is 29.6 Å². The monoisotopic (exact) mass is 219 g/mol. The predicted molar refractivity (Wildman–Crippen MR) is 62.6 cm³/mol. The Morgan fingerprint density at radius 1 is 1.44 bits per heavy atom. The van der Waals surface area contributed by atoms with E-state index >= 15 is 0 Å². The third kappa shape index (κ3) is 2.49. The second-order valence-corrected chi connectivity index (χ2v) is 4.58. The Labute approximate surface area is 95.5 Å². The highest BCUT2D eigenvalue weighted by Crippen LogP contribution is 2.20. The normalized spacial score (nSPS) is 24.6. The quantitative estimate of drug-likeness (QED) is 0.750. The average molecular weight is 219 g/mol. The molecule has 1 aromatic carbocycles. The Hall–Kier alpha value is -1.19. The van der Waals surface area contributed by atoms with Gasteiger partial charge in [-0.05, 0) is 25.5 Å². The van der Waals surface area contributed by atoms with Gasteiger partial charge in [0.25, 0.3) is 0 Å². The molecule has 0 spiro atoms. The van der Waals surface area contributed by atoms with E-state index in [-0.39, 0.29) is 5.78 Å². The molecule has 16 heavy (non-hydrogen) atoms. The molecule has 3 heteroatoms. The smallest absolute Gasteiger partial charge is 0.159 e. The van der Waals surface area contributed by atoms with E-state index in [1.54, 1.807) is 6.92 Å². The topological polar surface area (TPSA) is 49.3 Å². The van der Waals surface area contributed by atoms with E-state index < -0.39 is 5.60 Å². The van der Waals surface area contributed by atoms with Gasteiger partial charge in [-0.25, -0.2) is 0 Å². The highest BCUT2D eigenvalue weighted by molar-refractivity contribution is 5.93. The molecule has 1 heterocycles.